The fourth-order valence-corrected chi connectivity index (χ4v) is 3.81. The molecule has 0 unspecified atom stereocenters. The molecule has 6 heteroatoms. The van der Waals surface area contributed by atoms with Crippen molar-refractivity contribution in [3.8, 4) is 5.75 Å². The average Bonchev–Trinajstić information content (AvgIpc) is 2.79. The van der Waals surface area contributed by atoms with Crippen LogP contribution in [0.3, 0.4) is 0 Å². The Morgan fingerprint density at radius 1 is 1.13 bits per heavy atom. The van der Waals surface area contributed by atoms with Gasteiger partial charge in [0.15, 0.2) is 6.61 Å². The Morgan fingerprint density at radius 3 is 2.55 bits per heavy atom. The fourth-order valence-electron chi connectivity index (χ4n) is 3.81. The van der Waals surface area contributed by atoms with Crippen LogP contribution in [0.25, 0.3) is 0 Å². The number of nitrogens with zero attached hydrogens (tertiary/aromatic N) is 2. The summed E-state index contributed by atoms with van der Waals surface area (Å²) >= 11 is 0. The van der Waals surface area contributed by atoms with Gasteiger partial charge >= 0.3 is 0 Å². The zero-order chi connectivity index (χ0) is 22.2. The SMILES string of the molecule is CCN(CC)CCC[C@H](C)NC(=O)c1ccc(CN2C(=O)COc3ccccc32)cc1. The molecule has 0 aliphatic carbocycles. The smallest absolute Gasteiger partial charge is 0.265 e. The van der Waals surface area contributed by atoms with Gasteiger partial charge in [0, 0.05) is 11.6 Å². The monoisotopic (exact) mass is 423 g/mol. The minimum Gasteiger partial charge on any atom is -0.482 e. The lowest BCUT2D eigenvalue weighted by Crippen LogP contribution is -2.38. The lowest BCUT2D eigenvalue weighted by Gasteiger charge is -2.29. The molecule has 0 fully saturated rings. The zero-order valence-electron chi connectivity index (χ0n) is 18.8. The standard InChI is InChI=1S/C25H33N3O3/c1-4-27(5-2)16-8-9-19(3)26-25(30)21-14-12-20(13-15-21)17-28-22-10-6-7-11-23(22)31-18-24(28)29/h6-7,10-15,19H,4-5,8-9,16-18H2,1-3H3,(H,26,30)/t19-/m0/s1. The van der Waals surface area contributed by atoms with Gasteiger partial charge in [-0.25, -0.2) is 0 Å². The predicted molar refractivity (Wildman–Crippen MR) is 124 cm³/mol. The number of amides is 2. The summed E-state index contributed by atoms with van der Waals surface area (Å²) in [4.78, 5) is 29.1. The third-order valence-electron chi connectivity index (χ3n) is 5.75. The summed E-state index contributed by atoms with van der Waals surface area (Å²) in [5, 5.41) is 3.09. The molecule has 2 aromatic carbocycles. The van der Waals surface area contributed by atoms with E-state index >= 15 is 0 Å². The van der Waals surface area contributed by atoms with E-state index < -0.39 is 0 Å². The van der Waals surface area contributed by atoms with Crippen molar-refractivity contribution in [1.29, 1.82) is 0 Å². The van der Waals surface area contributed by atoms with E-state index in [1.54, 1.807) is 4.90 Å². The van der Waals surface area contributed by atoms with E-state index in [1.165, 1.54) is 0 Å². The molecule has 0 saturated heterocycles. The molecule has 1 heterocycles. The maximum absolute atomic E-state index is 12.6. The van der Waals surface area contributed by atoms with Gasteiger partial charge in [-0.3, -0.25) is 9.59 Å². The van der Waals surface area contributed by atoms with Gasteiger partial charge in [0.25, 0.3) is 11.8 Å². The second kappa shape index (κ2) is 11.0. The maximum atomic E-state index is 12.6. The van der Waals surface area contributed by atoms with E-state index in [0.717, 1.165) is 43.7 Å². The molecular formula is C25H33N3O3. The summed E-state index contributed by atoms with van der Waals surface area (Å²) in [5.74, 6) is 0.585. The number of carbonyl (C=O) groups excluding carboxylic acids is 2. The summed E-state index contributed by atoms with van der Waals surface area (Å²) in [6.07, 6.45) is 2.02. The van der Waals surface area contributed by atoms with E-state index in [2.05, 4.69) is 31.0 Å². The Morgan fingerprint density at radius 2 is 1.84 bits per heavy atom. The summed E-state index contributed by atoms with van der Waals surface area (Å²) in [6, 6.07) is 15.1. The van der Waals surface area contributed by atoms with Gasteiger partial charge in [-0.05, 0) is 69.2 Å². The Labute approximate surface area is 185 Å². The highest BCUT2D eigenvalue weighted by Gasteiger charge is 2.25. The first-order chi connectivity index (χ1) is 15.0. The molecule has 6 nitrogen and oxygen atoms in total. The van der Waals surface area contributed by atoms with Crippen LogP contribution in [0.5, 0.6) is 5.75 Å². The van der Waals surface area contributed by atoms with Gasteiger partial charge in [0.1, 0.15) is 5.75 Å². The normalized spacial score (nSPS) is 14.2. The number of ether oxygens (including phenoxy) is 1. The molecule has 0 spiro atoms. The number of anilines is 1. The summed E-state index contributed by atoms with van der Waals surface area (Å²) in [6.45, 7) is 10.1. The van der Waals surface area contributed by atoms with Gasteiger partial charge in [-0.2, -0.15) is 0 Å². The second-order valence-electron chi connectivity index (χ2n) is 7.98. The average molecular weight is 424 g/mol. The van der Waals surface area contributed by atoms with Crippen LogP contribution >= 0.6 is 0 Å². The molecule has 2 aromatic rings. The first kappa shape index (κ1) is 22.8. The molecule has 1 aliphatic rings. The van der Waals surface area contributed by atoms with E-state index in [0.29, 0.717) is 17.9 Å². The summed E-state index contributed by atoms with van der Waals surface area (Å²) in [7, 11) is 0. The number of carbonyl (C=O) groups is 2. The summed E-state index contributed by atoms with van der Waals surface area (Å²) < 4.78 is 5.50. The lowest BCUT2D eigenvalue weighted by molar-refractivity contribution is -0.121. The minimum atomic E-state index is -0.0703. The van der Waals surface area contributed by atoms with E-state index in [-0.39, 0.29) is 24.5 Å². The highest BCUT2D eigenvalue weighted by molar-refractivity contribution is 5.98. The van der Waals surface area contributed by atoms with Gasteiger partial charge in [-0.1, -0.05) is 38.1 Å². The number of fused-ring (bicyclic) bond motifs is 1. The number of nitrogens with one attached hydrogen (secondary N) is 1. The molecule has 1 aliphatic heterocycles. The highest BCUT2D eigenvalue weighted by atomic mass is 16.5. The van der Waals surface area contributed by atoms with Crippen LogP contribution in [0.4, 0.5) is 5.69 Å². The van der Waals surface area contributed by atoms with Crippen LogP contribution in [-0.2, 0) is 11.3 Å². The molecule has 31 heavy (non-hydrogen) atoms. The lowest BCUT2D eigenvalue weighted by atomic mass is 10.1. The number of rotatable bonds is 10. The maximum Gasteiger partial charge on any atom is 0.265 e. The number of para-hydroxylation sites is 2. The van der Waals surface area contributed by atoms with Gasteiger partial charge < -0.3 is 19.9 Å². The molecule has 0 aromatic heterocycles. The van der Waals surface area contributed by atoms with Crippen molar-refractivity contribution in [3.63, 3.8) is 0 Å². The Bertz CT molecular complexity index is 878. The molecular weight excluding hydrogens is 390 g/mol. The van der Waals surface area contributed by atoms with Crippen LogP contribution < -0.4 is 15.0 Å². The Kier molecular flexibility index (Phi) is 8.06. The van der Waals surface area contributed by atoms with Crippen LogP contribution in [0.2, 0.25) is 0 Å². The summed E-state index contributed by atoms with van der Waals surface area (Å²) in [5.41, 5.74) is 2.38. The van der Waals surface area contributed by atoms with Gasteiger partial charge in [0.05, 0.1) is 12.2 Å². The largest absolute Gasteiger partial charge is 0.482 e. The molecule has 1 atom stereocenters. The Balaban J connectivity index is 1.54. The van der Waals surface area contributed by atoms with Crippen LogP contribution in [-0.4, -0.2) is 49.0 Å². The van der Waals surface area contributed by atoms with Crippen molar-refractivity contribution in [3.05, 3.63) is 59.7 Å². The molecule has 0 bridgehead atoms. The minimum absolute atomic E-state index is 0.0453. The number of hydrogen-bond acceptors (Lipinski definition) is 4. The molecule has 1 N–H and O–H groups in total. The number of hydrogen-bond donors (Lipinski definition) is 1. The van der Waals surface area contributed by atoms with Gasteiger partial charge in [0.2, 0.25) is 0 Å². The van der Waals surface area contributed by atoms with Crippen molar-refractivity contribution in [2.45, 2.75) is 46.2 Å². The van der Waals surface area contributed by atoms with Crippen LogP contribution in [0.15, 0.2) is 48.5 Å². The van der Waals surface area contributed by atoms with Crippen LogP contribution in [0, 0.1) is 0 Å². The third kappa shape index (κ3) is 6.07. The molecule has 0 saturated carbocycles. The van der Waals surface area contributed by atoms with Crippen molar-refractivity contribution < 1.29 is 14.3 Å². The zero-order valence-corrected chi connectivity index (χ0v) is 18.8. The predicted octanol–water partition coefficient (Wildman–Crippen LogP) is 3.85. The second-order valence-corrected chi connectivity index (χ2v) is 7.98. The number of benzene rings is 2. The van der Waals surface area contributed by atoms with E-state index in [1.807, 2.05) is 48.5 Å². The van der Waals surface area contributed by atoms with Gasteiger partial charge in [-0.15, -0.1) is 0 Å². The van der Waals surface area contributed by atoms with E-state index in [4.69, 9.17) is 4.74 Å². The van der Waals surface area contributed by atoms with Crippen molar-refractivity contribution in [1.82, 2.24) is 10.2 Å². The first-order valence-electron chi connectivity index (χ1n) is 11.2. The molecule has 3 rings (SSSR count). The Hall–Kier alpha value is -2.86. The van der Waals surface area contributed by atoms with E-state index in [9.17, 15) is 9.59 Å². The third-order valence-corrected chi connectivity index (χ3v) is 5.75. The molecule has 2 amide bonds. The first-order valence-corrected chi connectivity index (χ1v) is 11.2. The fraction of sp³-hybridized carbons (Fsp3) is 0.440. The topological polar surface area (TPSA) is 61.9 Å². The van der Waals surface area contributed by atoms with Crippen molar-refractivity contribution in [2.24, 2.45) is 0 Å². The highest BCUT2D eigenvalue weighted by Crippen LogP contribution is 2.32. The van der Waals surface area contributed by atoms with Crippen LogP contribution in [0.1, 0.15) is 49.5 Å². The molecule has 166 valence electrons. The van der Waals surface area contributed by atoms with Crippen molar-refractivity contribution >= 4 is 17.5 Å². The molecule has 0 radical (unpaired) electrons. The quantitative estimate of drug-likeness (QED) is 0.631. The van der Waals surface area contributed by atoms with Crippen molar-refractivity contribution in [2.75, 3.05) is 31.1 Å².